The van der Waals surface area contributed by atoms with Crippen molar-refractivity contribution in [2.75, 3.05) is 0 Å². The molecule has 0 spiro atoms. The largest absolute Gasteiger partial charge is 0.349 e. The van der Waals surface area contributed by atoms with Crippen LogP contribution >= 0.6 is 34.3 Å². The number of carbonyl (C=O) groups excluding carboxylic acids is 1. The summed E-state index contributed by atoms with van der Waals surface area (Å²) in [4.78, 5) is 16.7. The van der Waals surface area contributed by atoms with Crippen LogP contribution in [0, 0.1) is 0 Å². The average Bonchev–Trinajstić information content (AvgIpc) is 3.17. The highest BCUT2D eigenvalue weighted by atomic mass is 35.5. The predicted molar refractivity (Wildman–Crippen MR) is 97.1 cm³/mol. The second-order valence-corrected chi connectivity index (χ2v) is 7.25. The highest BCUT2D eigenvalue weighted by molar-refractivity contribution is 7.14. The maximum atomic E-state index is 12.2. The third-order valence-electron chi connectivity index (χ3n) is 3.39. The Hall–Kier alpha value is -1.69. The van der Waals surface area contributed by atoms with E-state index in [1.807, 2.05) is 48.0 Å². The zero-order valence-electron chi connectivity index (χ0n) is 12.5. The van der Waals surface area contributed by atoms with Gasteiger partial charge in [0.05, 0.1) is 18.2 Å². The van der Waals surface area contributed by atoms with Crippen LogP contribution in [0.1, 0.15) is 24.2 Å². The van der Waals surface area contributed by atoms with Crippen molar-refractivity contribution >= 4 is 40.2 Å². The second kappa shape index (κ2) is 7.25. The maximum Gasteiger partial charge on any atom is 0.226 e. The Labute approximate surface area is 148 Å². The number of halogens is 1. The molecule has 0 radical (unpaired) electrons. The quantitative estimate of drug-likeness (QED) is 0.698. The molecule has 2 aromatic heterocycles. The number of carbonyl (C=O) groups is 1. The number of hydrogen-bond donors (Lipinski definition) is 1. The Morgan fingerprint density at radius 1 is 1.35 bits per heavy atom. The molecule has 0 unspecified atom stereocenters. The summed E-state index contributed by atoms with van der Waals surface area (Å²) in [6.07, 6.45) is 0.283. The SMILES string of the molecule is C[C@H](NC(=O)Cc1csc(-c2ccsc2)n1)c1cccc(Cl)c1. The standard InChI is InChI=1S/C17H15ClN2OS2/c1-11(12-3-2-4-14(18)7-12)19-16(21)8-15-10-23-17(20-15)13-5-6-22-9-13/h2-7,9-11H,8H2,1H3,(H,19,21)/t11-/m0/s1. The van der Waals surface area contributed by atoms with Gasteiger partial charge in [-0.3, -0.25) is 4.79 Å². The number of hydrogen-bond acceptors (Lipinski definition) is 4. The summed E-state index contributed by atoms with van der Waals surface area (Å²) in [5, 5.41) is 10.6. The first kappa shape index (κ1) is 16.2. The molecule has 3 rings (SSSR count). The zero-order chi connectivity index (χ0) is 16.2. The maximum absolute atomic E-state index is 12.2. The first-order chi connectivity index (χ1) is 11.1. The van der Waals surface area contributed by atoms with Gasteiger partial charge >= 0.3 is 0 Å². The van der Waals surface area contributed by atoms with E-state index < -0.39 is 0 Å². The van der Waals surface area contributed by atoms with Crippen molar-refractivity contribution in [1.29, 1.82) is 0 Å². The van der Waals surface area contributed by atoms with E-state index in [1.165, 1.54) is 0 Å². The number of nitrogens with one attached hydrogen (secondary N) is 1. The van der Waals surface area contributed by atoms with Crippen molar-refractivity contribution in [2.45, 2.75) is 19.4 Å². The number of thiophene rings is 1. The minimum atomic E-state index is -0.0869. The molecule has 1 atom stereocenters. The van der Waals surface area contributed by atoms with Gasteiger partial charge in [-0.1, -0.05) is 23.7 Å². The van der Waals surface area contributed by atoms with Gasteiger partial charge in [0.25, 0.3) is 0 Å². The number of aromatic nitrogens is 1. The molecule has 2 heterocycles. The summed E-state index contributed by atoms with van der Waals surface area (Å²) in [5.41, 5.74) is 2.90. The second-order valence-electron chi connectivity index (χ2n) is 5.18. The van der Waals surface area contributed by atoms with Gasteiger partial charge in [-0.05, 0) is 36.1 Å². The van der Waals surface area contributed by atoms with Gasteiger partial charge in [-0.25, -0.2) is 4.98 Å². The van der Waals surface area contributed by atoms with Crippen LogP contribution < -0.4 is 5.32 Å². The summed E-state index contributed by atoms with van der Waals surface area (Å²) in [7, 11) is 0. The van der Waals surface area contributed by atoms with Crippen molar-refractivity contribution in [3.05, 3.63) is 62.8 Å². The van der Waals surface area contributed by atoms with Crippen LogP contribution in [0.4, 0.5) is 0 Å². The van der Waals surface area contributed by atoms with Gasteiger partial charge in [0, 0.05) is 21.3 Å². The van der Waals surface area contributed by atoms with E-state index in [-0.39, 0.29) is 18.4 Å². The third-order valence-corrected chi connectivity index (χ3v) is 5.25. The first-order valence-corrected chi connectivity index (χ1v) is 9.33. The van der Waals surface area contributed by atoms with Gasteiger partial charge < -0.3 is 5.32 Å². The summed E-state index contributed by atoms with van der Waals surface area (Å²) in [6.45, 7) is 1.95. The first-order valence-electron chi connectivity index (χ1n) is 7.13. The summed E-state index contributed by atoms with van der Waals surface area (Å²) < 4.78 is 0. The lowest BCUT2D eigenvalue weighted by Crippen LogP contribution is -2.28. The molecule has 3 nitrogen and oxygen atoms in total. The zero-order valence-corrected chi connectivity index (χ0v) is 14.8. The Kier molecular flexibility index (Phi) is 5.10. The van der Waals surface area contributed by atoms with E-state index in [2.05, 4.69) is 15.7 Å². The van der Waals surface area contributed by atoms with Crippen LogP contribution in [0.5, 0.6) is 0 Å². The molecule has 0 aliphatic carbocycles. The molecular formula is C17H15ClN2OS2. The lowest BCUT2D eigenvalue weighted by Gasteiger charge is -2.14. The van der Waals surface area contributed by atoms with E-state index >= 15 is 0 Å². The Morgan fingerprint density at radius 2 is 2.22 bits per heavy atom. The molecule has 6 heteroatoms. The van der Waals surface area contributed by atoms with Crippen molar-refractivity contribution in [3.63, 3.8) is 0 Å². The molecule has 0 aliphatic heterocycles. The van der Waals surface area contributed by atoms with E-state index in [1.54, 1.807) is 22.7 Å². The van der Waals surface area contributed by atoms with Crippen molar-refractivity contribution in [1.82, 2.24) is 10.3 Å². The number of thiazole rings is 1. The molecule has 1 aromatic carbocycles. The molecule has 0 saturated carbocycles. The molecule has 1 amide bonds. The fourth-order valence-electron chi connectivity index (χ4n) is 2.22. The van der Waals surface area contributed by atoms with Crippen LogP contribution in [-0.4, -0.2) is 10.9 Å². The molecule has 1 N–H and O–H groups in total. The Bertz CT molecular complexity index is 799. The van der Waals surface area contributed by atoms with E-state index in [4.69, 9.17) is 11.6 Å². The fraction of sp³-hybridized carbons (Fsp3) is 0.176. The molecule has 0 aliphatic rings. The number of benzene rings is 1. The molecule has 0 fully saturated rings. The monoisotopic (exact) mass is 362 g/mol. The van der Waals surface area contributed by atoms with Gasteiger partial charge in [0.1, 0.15) is 5.01 Å². The van der Waals surface area contributed by atoms with Gasteiger partial charge in [0.2, 0.25) is 5.91 Å². The van der Waals surface area contributed by atoms with Crippen molar-refractivity contribution in [2.24, 2.45) is 0 Å². The van der Waals surface area contributed by atoms with Crippen LogP contribution in [0.2, 0.25) is 5.02 Å². The third kappa shape index (κ3) is 4.19. The molecule has 23 heavy (non-hydrogen) atoms. The highest BCUT2D eigenvalue weighted by Gasteiger charge is 2.13. The minimum absolute atomic E-state index is 0.0420. The van der Waals surface area contributed by atoms with Gasteiger partial charge in [0.15, 0.2) is 0 Å². The number of rotatable bonds is 5. The van der Waals surface area contributed by atoms with Crippen LogP contribution in [0.3, 0.4) is 0 Å². The van der Waals surface area contributed by atoms with Crippen molar-refractivity contribution < 1.29 is 4.79 Å². The average molecular weight is 363 g/mol. The lowest BCUT2D eigenvalue weighted by molar-refractivity contribution is -0.121. The smallest absolute Gasteiger partial charge is 0.226 e. The normalized spacial score (nSPS) is 12.1. The number of nitrogens with zero attached hydrogens (tertiary/aromatic N) is 1. The molecule has 0 bridgehead atoms. The molecule has 0 saturated heterocycles. The predicted octanol–water partition coefficient (Wildman–Crippen LogP) is 4.94. The van der Waals surface area contributed by atoms with E-state index in [0.29, 0.717) is 5.02 Å². The molecule has 118 valence electrons. The Balaban J connectivity index is 1.61. The highest BCUT2D eigenvalue weighted by Crippen LogP contribution is 2.26. The van der Waals surface area contributed by atoms with Crippen LogP contribution in [-0.2, 0) is 11.2 Å². The summed E-state index contributed by atoms with van der Waals surface area (Å²) in [5.74, 6) is -0.0420. The Morgan fingerprint density at radius 3 is 2.96 bits per heavy atom. The van der Waals surface area contributed by atoms with Gasteiger partial charge in [-0.2, -0.15) is 11.3 Å². The van der Waals surface area contributed by atoms with E-state index in [9.17, 15) is 4.79 Å². The summed E-state index contributed by atoms with van der Waals surface area (Å²) >= 11 is 9.19. The van der Waals surface area contributed by atoms with Gasteiger partial charge in [-0.15, -0.1) is 11.3 Å². The van der Waals surface area contributed by atoms with Crippen LogP contribution in [0.25, 0.3) is 10.6 Å². The lowest BCUT2D eigenvalue weighted by atomic mass is 10.1. The van der Waals surface area contributed by atoms with E-state index in [0.717, 1.165) is 21.8 Å². The molecule has 3 aromatic rings. The minimum Gasteiger partial charge on any atom is -0.349 e. The van der Waals surface area contributed by atoms with Crippen molar-refractivity contribution in [3.8, 4) is 10.6 Å². The summed E-state index contributed by atoms with van der Waals surface area (Å²) in [6, 6.07) is 9.47. The number of amides is 1. The topological polar surface area (TPSA) is 42.0 Å². The fourth-order valence-corrected chi connectivity index (χ4v) is 3.95. The molecular weight excluding hydrogens is 348 g/mol. The van der Waals surface area contributed by atoms with Crippen LogP contribution in [0.15, 0.2) is 46.5 Å².